The molecule has 0 unspecified atom stereocenters. The number of carbonyl (C=O) groups is 2. The van der Waals surface area contributed by atoms with E-state index in [0.717, 1.165) is 16.1 Å². The molecule has 2 aromatic carbocycles. The van der Waals surface area contributed by atoms with Crippen molar-refractivity contribution in [2.24, 2.45) is 0 Å². The lowest BCUT2D eigenvalue weighted by atomic mass is 10.1. The van der Waals surface area contributed by atoms with Crippen LogP contribution in [0, 0.1) is 6.92 Å². The van der Waals surface area contributed by atoms with Crippen LogP contribution >= 0.6 is 11.3 Å². The molecule has 0 aliphatic carbocycles. The molecule has 0 radical (unpaired) electrons. The van der Waals surface area contributed by atoms with Gasteiger partial charge >= 0.3 is 6.18 Å². The molecule has 0 saturated heterocycles. The summed E-state index contributed by atoms with van der Waals surface area (Å²) in [7, 11) is 0. The van der Waals surface area contributed by atoms with E-state index in [-0.39, 0.29) is 17.9 Å². The molecular formula is C21H18F3N3O2S. The number of benzene rings is 2. The third-order valence-electron chi connectivity index (χ3n) is 4.05. The number of amides is 2. The zero-order valence-electron chi connectivity index (χ0n) is 15.9. The zero-order chi connectivity index (χ0) is 21.7. The van der Waals surface area contributed by atoms with Crippen molar-refractivity contribution in [2.75, 3.05) is 11.9 Å². The van der Waals surface area contributed by atoms with E-state index < -0.39 is 18.6 Å². The Hall–Kier alpha value is -3.20. The molecule has 0 saturated carbocycles. The van der Waals surface area contributed by atoms with E-state index >= 15 is 0 Å². The van der Waals surface area contributed by atoms with Gasteiger partial charge in [0.25, 0.3) is 5.91 Å². The Labute approximate surface area is 175 Å². The molecule has 30 heavy (non-hydrogen) atoms. The Balaban J connectivity index is 1.60. The first-order chi connectivity index (χ1) is 14.2. The van der Waals surface area contributed by atoms with Gasteiger partial charge in [0.05, 0.1) is 12.1 Å². The van der Waals surface area contributed by atoms with Gasteiger partial charge in [-0.2, -0.15) is 13.2 Å². The van der Waals surface area contributed by atoms with E-state index in [9.17, 15) is 22.8 Å². The number of hydrogen-bond acceptors (Lipinski definition) is 4. The number of rotatable bonds is 6. The van der Waals surface area contributed by atoms with E-state index in [1.165, 1.54) is 29.5 Å². The van der Waals surface area contributed by atoms with Crippen LogP contribution in [-0.4, -0.2) is 29.5 Å². The summed E-state index contributed by atoms with van der Waals surface area (Å²) in [6.45, 7) is 0.575. The number of halogens is 3. The summed E-state index contributed by atoms with van der Waals surface area (Å²) in [6, 6.07) is 13.6. The second kappa shape index (κ2) is 9.08. The molecule has 0 spiro atoms. The van der Waals surface area contributed by atoms with Crippen molar-refractivity contribution in [3.05, 3.63) is 70.7 Å². The molecule has 0 aliphatic rings. The zero-order valence-corrected chi connectivity index (χ0v) is 16.7. The second-order valence-electron chi connectivity index (χ2n) is 6.61. The minimum atomic E-state index is -4.49. The van der Waals surface area contributed by atoms with Gasteiger partial charge in [-0.25, -0.2) is 4.98 Å². The fraction of sp³-hybridized carbons (Fsp3) is 0.190. The average molecular weight is 433 g/mol. The largest absolute Gasteiger partial charge is 0.405 e. The van der Waals surface area contributed by atoms with Crippen LogP contribution in [-0.2, 0) is 11.2 Å². The van der Waals surface area contributed by atoms with Crippen molar-refractivity contribution in [1.82, 2.24) is 10.3 Å². The predicted molar refractivity (Wildman–Crippen MR) is 109 cm³/mol. The first-order valence-electron chi connectivity index (χ1n) is 8.96. The number of aryl methyl sites for hydroxylation is 1. The van der Waals surface area contributed by atoms with Crippen LogP contribution in [0.25, 0.3) is 10.6 Å². The molecule has 2 amide bonds. The summed E-state index contributed by atoms with van der Waals surface area (Å²) in [6.07, 6.45) is -4.46. The number of alkyl halides is 3. The maximum absolute atomic E-state index is 12.3. The Morgan fingerprint density at radius 3 is 2.53 bits per heavy atom. The number of hydrogen-bond donors (Lipinski definition) is 2. The summed E-state index contributed by atoms with van der Waals surface area (Å²) < 4.78 is 36.7. The molecule has 0 fully saturated rings. The Bertz CT molecular complexity index is 1050. The Morgan fingerprint density at radius 1 is 1.10 bits per heavy atom. The number of aromatic nitrogens is 1. The third-order valence-corrected chi connectivity index (χ3v) is 4.99. The molecular weight excluding hydrogens is 415 g/mol. The van der Waals surface area contributed by atoms with Gasteiger partial charge in [-0.1, -0.05) is 35.9 Å². The first kappa shape index (κ1) is 21.5. The highest BCUT2D eigenvalue weighted by Gasteiger charge is 2.27. The summed E-state index contributed by atoms with van der Waals surface area (Å²) in [5.74, 6) is -1.21. The molecule has 0 atom stereocenters. The molecule has 1 heterocycles. The highest BCUT2D eigenvalue weighted by Crippen LogP contribution is 2.24. The minimum Gasteiger partial charge on any atom is -0.343 e. The van der Waals surface area contributed by atoms with E-state index in [1.54, 1.807) is 16.8 Å². The van der Waals surface area contributed by atoms with Crippen LogP contribution in [0.15, 0.2) is 53.9 Å². The maximum atomic E-state index is 12.3. The molecule has 3 rings (SSSR count). The molecule has 0 aliphatic heterocycles. The molecule has 2 N–H and O–H groups in total. The summed E-state index contributed by atoms with van der Waals surface area (Å²) in [5, 5.41) is 7.04. The number of thiazole rings is 1. The highest BCUT2D eigenvalue weighted by atomic mass is 32.1. The normalized spacial score (nSPS) is 11.2. The second-order valence-corrected chi connectivity index (χ2v) is 7.47. The Kier molecular flexibility index (Phi) is 6.51. The van der Waals surface area contributed by atoms with Crippen LogP contribution in [0.3, 0.4) is 0 Å². The fourth-order valence-corrected chi connectivity index (χ4v) is 3.43. The lowest BCUT2D eigenvalue weighted by molar-refractivity contribution is -0.123. The minimum absolute atomic E-state index is 0.0207. The van der Waals surface area contributed by atoms with Crippen molar-refractivity contribution in [1.29, 1.82) is 0 Å². The van der Waals surface area contributed by atoms with E-state index in [0.29, 0.717) is 11.4 Å². The number of carbonyl (C=O) groups excluding carboxylic acids is 2. The first-order valence-corrected chi connectivity index (χ1v) is 9.84. The van der Waals surface area contributed by atoms with E-state index in [2.05, 4.69) is 10.3 Å². The van der Waals surface area contributed by atoms with Crippen molar-refractivity contribution in [3.8, 4) is 10.6 Å². The topological polar surface area (TPSA) is 71.1 Å². The summed E-state index contributed by atoms with van der Waals surface area (Å²) in [4.78, 5) is 28.6. The molecule has 156 valence electrons. The quantitative estimate of drug-likeness (QED) is 0.597. The van der Waals surface area contributed by atoms with Gasteiger partial charge in [0.1, 0.15) is 11.6 Å². The van der Waals surface area contributed by atoms with Crippen molar-refractivity contribution in [2.45, 2.75) is 19.5 Å². The number of nitrogens with one attached hydrogen (secondary N) is 2. The smallest absolute Gasteiger partial charge is 0.343 e. The van der Waals surface area contributed by atoms with Crippen LogP contribution < -0.4 is 10.6 Å². The standard InChI is InChI=1S/C21H18F3N3O2S/c1-13-5-7-14(8-6-13)20-27-17(11-30-20)10-18(28)26-16-4-2-3-15(9-16)19(29)25-12-21(22,23)24/h2-9,11H,10,12H2,1H3,(H,25,29)(H,26,28). The molecule has 0 bridgehead atoms. The van der Waals surface area contributed by atoms with Gasteiger partial charge in [0.15, 0.2) is 0 Å². The van der Waals surface area contributed by atoms with Crippen LogP contribution in [0.4, 0.5) is 18.9 Å². The van der Waals surface area contributed by atoms with Crippen LogP contribution in [0.1, 0.15) is 21.6 Å². The molecule has 1 aromatic heterocycles. The lowest BCUT2D eigenvalue weighted by Gasteiger charge is -2.09. The number of anilines is 1. The molecule has 3 aromatic rings. The average Bonchev–Trinajstić information content (AvgIpc) is 3.14. The van der Waals surface area contributed by atoms with Crippen molar-refractivity contribution in [3.63, 3.8) is 0 Å². The van der Waals surface area contributed by atoms with E-state index in [1.807, 2.05) is 31.2 Å². The van der Waals surface area contributed by atoms with Crippen LogP contribution in [0.5, 0.6) is 0 Å². The van der Waals surface area contributed by atoms with Gasteiger partial charge in [0.2, 0.25) is 5.91 Å². The predicted octanol–water partition coefficient (Wildman–Crippen LogP) is 4.59. The summed E-state index contributed by atoms with van der Waals surface area (Å²) >= 11 is 1.43. The van der Waals surface area contributed by atoms with Crippen molar-refractivity contribution >= 4 is 28.8 Å². The maximum Gasteiger partial charge on any atom is 0.405 e. The highest BCUT2D eigenvalue weighted by molar-refractivity contribution is 7.13. The van der Waals surface area contributed by atoms with E-state index in [4.69, 9.17) is 0 Å². The van der Waals surface area contributed by atoms with Gasteiger partial charge in [-0.05, 0) is 25.1 Å². The molecule has 5 nitrogen and oxygen atoms in total. The fourth-order valence-electron chi connectivity index (χ4n) is 2.61. The van der Waals surface area contributed by atoms with Gasteiger partial charge in [-0.15, -0.1) is 11.3 Å². The SMILES string of the molecule is Cc1ccc(-c2nc(CC(=O)Nc3cccc(C(=O)NCC(F)(F)F)c3)cs2)cc1. The third kappa shape index (κ3) is 6.15. The molecule has 9 heteroatoms. The lowest BCUT2D eigenvalue weighted by Crippen LogP contribution is -2.33. The van der Waals surface area contributed by atoms with Gasteiger partial charge < -0.3 is 10.6 Å². The van der Waals surface area contributed by atoms with Gasteiger partial charge in [0, 0.05) is 22.2 Å². The van der Waals surface area contributed by atoms with Crippen LogP contribution in [0.2, 0.25) is 0 Å². The monoisotopic (exact) mass is 433 g/mol. The Morgan fingerprint density at radius 2 is 1.83 bits per heavy atom. The van der Waals surface area contributed by atoms with Crippen molar-refractivity contribution < 1.29 is 22.8 Å². The van der Waals surface area contributed by atoms with Gasteiger partial charge in [-0.3, -0.25) is 9.59 Å². The summed E-state index contributed by atoms with van der Waals surface area (Å²) in [5.41, 5.74) is 3.05. The number of nitrogens with zero attached hydrogens (tertiary/aromatic N) is 1.